The van der Waals surface area contributed by atoms with Crippen LogP contribution in [0.25, 0.3) is 0 Å². The molecule has 0 atom stereocenters. The smallest absolute Gasteiger partial charge is 0.0534 e. The lowest BCUT2D eigenvalue weighted by atomic mass is 10.4. The van der Waals surface area contributed by atoms with Crippen molar-refractivity contribution in [1.29, 1.82) is 0 Å². The van der Waals surface area contributed by atoms with Gasteiger partial charge in [0.25, 0.3) is 0 Å². The lowest BCUT2D eigenvalue weighted by Crippen LogP contribution is -2.15. The predicted octanol–water partition coefficient (Wildman–Crippen LogP) is 0.625. The average molecular weight is 135 g/mol. The minimum atomic E-state index is 0.254. The molecule has 0 bridgehead atoms. The molecule has 0 rings (SSSR count). The fraction of sp³-hybridized carbons (Fsp3) is 1.00. The lowest BCUT2D eigenvalue weighted by Gasteiger charge is -2.03. The van der Waals surface area contributed by atoms with Crippen molar-refractivity contribution in [2.45, 2.75) is 19.9 Å². The Morgan fingerprint density at radius 2 is 2.25 bits per heavy atom. The molecule has 0 aromatic rings. The van der Waals surface area contributed by atoms with Crippen LogP contribution in [0.4, 0.5) is 0 Å². The van der Waals surface area contributed by atoms with Gasteiger partial charge in [-0.15, -0.1) is 0 Å². The number of hydrogen-bond acceptors (Lipinski definition) is 3. The van der Waals surface area contributed by atoms with E-state index in [1.807, 2.05) is 0 Å². The van der Waals surface area contributed by atoms with E-state index in [0.29, 0.717) is 6.04 Å². The SMILES string of the molecule is CC(C)NSCCO. The molecule has 0 aliphatic heterocycles. The van der Waals surface area contributed by atoms with E-state index in [9.17, 15) is 0 Å². The third-order valence-corrected chi connectivity index (χ3v) is 1.54. The Labute approximate surface area is 54.8 Å². The molecule has 0 amide bonds. The van der Waals surface area contributed by atoms with Crippen molar-refractivity contribution in [2.24, 2.45) is 0 Å². The minimum absolute atomic E-state index is 0.254. The van der Waals surface area contributed by atoms with Crippen molar-refractivity contribution < 1.29 is 5.11 Å². The summed E-state index contributed by atoms with van der Waals surface area (Å²) in [5, 5.41) is 8.32. The molecular formula is C5H13NOS. The highest BCUT2D eigenvalue weighted by Crippen LogP contribution is 1.92. The first-order chi connectivity index (χ1) is 3.77. The van der Waals surface area contributed by atoms with Crippen LogP contribution in [-0.2, 0) is 0 Å². The van der Waals surface area contributed by atoms with E-state index in [4.69, 9.17) is 5.11 Å². The van der Waals surface area contributed by atoms with Crippen molar-refractivity contribution in [2.75, 3.05) is 12.4 Å². The molecule has 3 heteroatoms. The van der Waals surface area contributed by atoms with E-state index in [1.54, 1.807) is 11.9 Å². The summed E-state index contributed by atoms with van der Waals surface area (Å²) >= 11 is 1.56. The van der Waals surface area contributed by atoms with Crippen LogP contribution in [0, 0.1) is 0 Å². The van der Waals surface area contributed by atoms with Crippen LogP contribution >= 0.6 is 11.9 Å². The Hall–Kier alpha value is 0.270. The molecule has 0 fully saturated rings. The Balaban J connectivity index is 2.72. The van der Waals surface area contributed by atoms with Gasteiger partial charge < -0.3 is 5.11 Å². The largest absolute Gasteiger partial charge is 0.395 e. The van der Waals surface area contributed by atoms with E-state index in [2.05, 4.69) is 18.6 Å². The van der Waals surface area contributed by atoms with Crippen molar-refractivity contribution in [3.63, 3.8) is 0 Å². The summed E-state index contributed by atoms with van der Waals surface area (Å²) in [7, 11) is 0. The van der Waals surface area contributed by atoms with Gasteiger partial charge in [0.15, 0.2) is 0 Å². The molecule has 0 aromatic carbocycles. The molecule has 50 valence electrons. The molecule has 2 N–H and O–H groups in total. The monoisotopic (exact) mass is 135 g/mol. The summed E-state index contributed by atoms with van der Waals surface area (Å²) in [6.45, 7) is 4.40. The fourth-order valence-electron chi connectivity index (χ4n) is 0.271. The zero-order chi connectivity index (χ0) is 6.41. The first kappa shape index (κ1) is 8.27. The van der Waals surface area contributed by atoms with Gasteiger partial charge in [-0.05, 0) is 13.8 Å². The zero-order valence-electron chi connectivity index (χ0n) is 5.35. The molecule has 0 saturated carbocycles. The van der Waals surface area contributed by atoms with Crippen LogP contribution < -0.4 is 4.72 Å². The van der Waals surface area contributed by atoms with Crippen molar-refractivity contribution in [3.8, 4) is 0 Å². The van der Waals surface area contributed by atoms with Gasteiger partial charge in [-0.25, -0.2) is 0 Å². The van der Waals surface area contributed by atoms with E-state index in [-0.39, 0.29) is 6.61 Å². The van der Waals surface area contributed by atoms with E-state index in [0.717, 1.165) is 5.75 Å². The normalized spacial score (nSPS) is 10.5. The van der Waals surface area contributed by atoms with Crippen LogP contribution in [-0.4, -0.2) is 23.5 Å². The molecule has 0 aliphatic rings. The molecule has 0 unspecified atom stereocenters. The van der Waals surface area contributed by atoms with Crippen LogP contribution in [0.3, 0.4) is 0 Å². The van der Waals surface area contributed by atoms with E-state index in [1.165, 1.54) is 0 Å². The Kier molecular flexibility index (Phi) is 5.59. The van der Waals surface area contributed by atoms with Gasteiger partial charge >= 0.3 is 0 Å². The molecule has 2 nitrogen and oxygen atoms in total. The third kappa shape index (κ3) is 6.27. The Bertz CT molecular complexity index is 49.7. The number of aliphatic hydroxyl groups is 1. The number of rotatable bonds is 4. The summed E-state index contributed by atoms with van der Waals surface area (Å²) < 4.78 is 3.10. The fourth-order valence-corrected chi connectivity index (χ4v) is 0.814. The predicted molar refractivity (Wildman–Crippen MR) is 37.8 cm³/mol. The first-order valence-electron chi connectivity index (χ1n) is 2.75. The van der Waals surface area contributed by atoms with Crippen LogP contribution in [0.5, 0.6) is 0 Å². The lowest BCUT2D eigenvalue weighted by molar-refractivity contribution is 0.322. The quantitative estimate of drug-likeness (QED) is 0.438. The maximum absolute atomic E-state index is 8.32. The topological polar surface area (TPSA) is 32.3 Å². The molecule has 0 heterocycles. The standard InChI is InChI=1S/C5H13NOS/c1-5(2)6-8-4-3-7/h5-7H,3-4H2,1-2H3. The summed E-state index contributed by atoms with van der Waals surface area (Å²) in [5.74, 6) is 0.776. The van der Waals surface area contributed by atoms with Gasteiger partial charge in [0.05, 0.1) is 6.61 Å². The highest BCUT2D eigenvalue weighted by molar-refractivity contribution is 7.97. The summed E-state index contributed by atoms with van der Waals surface area (Å²) in [5.41, 5.74) is 0. The van der Waals surface area contributed by atoms with Crippen molar-refractivity contribution >= 4 is 11.9 Å². The second-order valence-corrected chi connectivity index (χ2v) is 2.78. The molecule has 0 aromatic heterocycles. The van der Waals surface area contributed by atoms with Gasteiger partial charge in [0.1, 0.15) is 0 Å². The molecule has 0 aliphatic carbocycles. The Morgan fingerprint density at radius 3 is 2.62 bits per heavy atom. The van der Waals surface area contributed by atoms with E-state index < -0.39 is 0 Å². The summed E-state index contributed by atoms with van der Waals surface area (Å²) in [6, 6.07) is 0.506. The highest BCUT2D eigenvalue weighted by Gasteiger charge is 1.88. The maximum atomic E-state index is 8.32. The van der Waals surface area contributed by atoms with Gasteiger partial charge in [0.2, 0.25) is 0 Å². The molecule has 8 heavy (non-hydrogen) atoms. The second-order valence-electron chi connectivity index (χ2n) is 1.84. The second kappa shape index (κ2) is 5.41. The molecule has 0 radical (unpaired) electrons. The summed E-state index contributed by atoms with van der Waals surface area (Å²) in [6.07, 6.45) is 0. The zero-order valence-corrected chi connectivity index (χ0v) is 6.16. The molecule has 0 saturated heterocycles. The Morgan fingerprint density at radius 1 is 1.62 bits per heavy atom. The third-order valence-electron chi connectivity index (χ3n) is 0.512. The minimum Gasteiger partial charge on any atom is -0.395 e. The van der Waals surface area contributed by atoms with Gasteiger partial charge in [-0.2, -0.15) is 0 Å². The van der Waals surface area contributed by atoms with Crippen LogP contribution in [0.2, 0.25) is 0 Å². The van der Waals surface area contributed by atoms with Gasteiger partial charge in [0, 0.05) is 11.8 Å². The average Bonchev–Trinajstić information content (AvgIpc) is 1.66. The van der Waals surface area contributed by atoms with Crippen molar-refractivity contribution in [1.82, 2.24) is 4.72 Å². The number of aliphatic hydroxyl groups excluding tert-OH is 1. The van der Waals surface area contributed by atoms with Gasteiger partial charge in [-0.1, -0.05) is 11.9 Å². The van der Waals surface area contributed by atoms with E-state index >= 15 is 0 Å². The highest BCUT2D eigenvalue weighted by atomic mass is 32.2. The van der Waals surface area contributed by atoms with Gasteiger partial charge in [-0.3, -0.25) is 4.72 Å². The maximum Gasteiger partial charge on any atom is 0.0534 e. The van der Waals surface area contributed by atoms with Crippen LogP contribution in [0.15, 0.2) is 0 Å². The number of hydrogen-bond donors (Lipinski definition) is 2. The first-order valence-corrected chi connectivity index (χ1v) is 3.74. The van der Waals surface area contributed by atoms with Crippen LogP contribution in [0.1, 0.15) is 13.8 Å². The number of nitrogens with one attached hydrogen (secondary N) is 1. The molecular weight excluding hydrogens is 122 g/mol. The van der Waals surface area contributed by atoms with Crippen molar-refractivity contribution in [3.05, 3.63) is 0 Å². The molecule has 0 spiro atoms. The summed E-state index contributed by atoms with van der Waals surface area (Å²) in [4.78, 5) is 0.